The Morgan fingerprint density at radius 3 is 2.57 bits per heavy atom. The van der Waals surface area contributed by atoms with Gasteiger partial charge in [0.15, 0.2) is 0 Å². The Hall–Kier alpha value is -1.59. The number of aliphatic hydroxyl groups is 1. The summed E-state index contributed by atoms with van der Waals surface area (Å²) in [5.74, 6) is -0.0360. The molecule has 0 spiro atoms. The molecule has 128 valence electrons. The molecule has 0 saturated heterocycles. The first-order valence-corrected chi connectivity index (χ1v) is 8.45. The summed E-state index contributed by atoms with van der Waals surface area (Å²) in [6.07, 6.45) is 3.03. The number of anilines is 1. The van der Waals surface area contributed by atoms with Crippen molar-refractivity contribution in [1.29, 1.82) is 0 Å². The molecular weight excluding hydrogens is 292 g/mol. The maximum absolute atomic E-state index is 12.7. The molecule has 1 aromatic rings. The third-order valence-corrected chi connectivity index (χ3v) is 4.34. The highest BCUT2D eigenvalue weighted by atomic mass is 16.5. The van der Waals surface area contributed by atoms with Gasteiger partial charge in [-0.05, 0) is 38.8 Å². The second-order valence-corrected chi connectivity index (χ2v) is 6.30. The maximum Gasteiger partial charge on any atom is 0.245 e. The van der Waals surface area contributed by atoms with Gasteiger partial charge in [-0.2, -0.15) is 0 Å². The number of nitrogens with one attached hydrogen (secondary N) is 2. The van der Waals surface area contributed by atoms with Gasteiger partial charge in [-0.3, -0.25) is 4.79 Å². The molecule has 1 amide bonds. The van der Waals surface area contributed by atoms with Gasteiger partial charge in [-0.25, -0.2) is 0 Å². The van der Waals surface area contributed by atoms with Crippen molar-refractivity contribution < 1.29 is 14.6 Å². The van der Waals surface area contributed by atoms with Gasteiger partial charge in [0.25, 0.3) is 0 Å². The second kappa shape index (κ2) is 8.31. The number of aryl methyl sites for hydroxylation is 1. The van der Waals surface area contributed by atoms with E-state index in [1.165, 1.54) is 5.56 Å². The Kier molecular flexibility index (Phi) is 6.42. The molecule has 1 aliphatic rings. The average Bonchev–Trinajstić information content (AvgIpc) is 3.02. The highest BCUT2D eigenvalue weighted by molar-refractivity contribution is 5.89. The van der Waals surface area contributed by atoms with Crippen molar-refractivity contribution in [1.82, 2.24) is 5.32 Å². The lowest BCUT2D eigenvalue weighted by atomic mass is 9.95. The third kappa shape index (κ3) is 4.94. The first-order chi connectivity index (χ1) is 11.1. The minimum Gasteiger partial charge on any atom is -0.389 e. The monoisotopic (exact) mass is 320 g/mol. The summed E-state index contributed by atoms with van der Waals surface area (Å²) in [5, 5.41) is 16.1. The topological polar surface area (TPSA) is 70.6 Å². The third-order valence-electron chi connectivity index (χ3n) is 4.34. The first kappa shape index (κ1) is 17.8. The van der Waals surface area contributed by atoms with Gasteiger partial charge < -0.3 is 20.5 Å². The normalized spacial score (nSPS) is 17.7. The molecule has 5 nitrogen and oxygen atoms in total. The Bertz CT molecular complexity index is 495. The van der Waals surface area contributed by atoms with Gasteiger partial charge >= 0.3 is 0 Å². The van der Waals surface area contributed by atoms with E-state index in [4.69, 9.17) is 4.74 Å². The van der Waals surface area contributed by atoms with Crippen LogP contribution in [0.3, 0.4) is 0 Å². The van der Waals surface area contributed by atoms with E-state index < -0.39 is 11.6 Å². The van der Waals surface area contributed by atoms with Gasteiger partial charge in [0.2, 0.25) is 5.91 Å². The van der Waals surface area contributed by atoms with Crippen LogP contribution in [0.2, 0.25) is 0 Å². The smallest absolute Gasteiger partial charge is 0.245 e. The lowest BCUT2D eigenvalue weighted by molar-refractivity contribution is -0.126. The molecule has 0 heterocycles. The maximum atomic E-state index is 12.7. The van der Waals surface area contributed by atoms with E-state index in [1.54, 1.807) is 0 Å². The van der Waals surface area contributed by atoms with Gasteiger partial charge in [0.1, 0.15) is 5.54 Å². The van der Waals surface area contributed by atoms with Crippen molar-refractivity contribution in [2.24, 2.45) is 0 Å². The summed E-state index contributed by atoms with van der Waals surface area (Å²) in [6, 6.07) is 8.09. The Balaban J connectivity index is 1.96. The molecule has 3 N–H and O–H groups in total. The van der Waals surface area contributed by atoms with Crippen LogP contribution in [-0.2, 0) is 9.53 Å². The van der Waals surface area contributed by atoms with Crippen molar-refractivity contribution in [2.75, 3.05) is 25.1 Å². The Morgan fingerprint density at radius 2 is 1.96 bits per heavy atom. The fraction of sp³-hybridized carbons (Fsp3) is 0.611. The number of hydrogen-bond donors (Lipinski definition) is 3. The molecule has 1 fully saturated rings. The first-order valence-electron chi connectivity index (χ1n) is 8.45. The molecule has 23 heavy (non-hydrogen) atoms. The molecule has 2 rings (SSSR count). The lowest BCUT2D eigenvalue weighted by Crippen LogP contribution is -2.52. The van der Waals surface area contributed by atoms with Crippen LogP contribution in [0.1, 0.15) is 38.2 Å². The molecule has 0 aromatic heterocycles. The molecule has 0 radical (unpaired) electrons. The van der Waals surface area contributed by atoms with Crippen LogP contribution in [-0.4, -0.2) is 42.4 Å². The summed E-state index contributed by atoms with van der Waals surface area (Å²) in [7, 11) is 0. The molecule has 0 unspecified atom stereocenters. The van der Waals surface area contributed by atoms with E-state index in [2.05, 4.69) is 10.6 Å². The van der Waals surface area contributed by atoms with Crippen LogP contribution in [0.25, 0.3) is 0 Å². The molecule has 1 aromatic carbocycles. The quantitative estimate of drug-likeness (QED) is 0.687. The van der Waals surface area contributed by atoms with Crippen LogP contribution in [0.15, 0.2) is 24.3 Å². The zero-order valence-corrected chi connectivity index (χ0v) is 14.1. The minimum absolute atomic E-state index is 0.0360. The van der Waals surface area contributed by atoms with Crippen molar-refractivity contribution in [3.8, 4) is 0 Å². The Morgan fingerprint density at radius 1 is 1.30 bits per heavy atom. The van der Waals surface area contributed by atoms with Crippen LogP contribution in [0.5, 0.6) is 0 Å². The predicted molar refractivity (Wildman–Crippen MR) is 91.5 cm³/mol. The summed E-state index contributed by atoms with van der Waals surface area (Å²) in [4.78, 5) is 12.7. The average molecular weight is 320 g/mol. The van der Waals surface area contributed by atoms with Gasteiger partial charge in [0.05, 0.1) is 12.7 Å². The van der Waals surface area contributed by atoms with Crippen molar-refractivity contribution in [3.63, 3.8) is 0 Å². The van der Waals surface area contributed by atoms with Gasteiger partial charge in [-0.1, -0.05) is 30.5 Å². The number of amides is 1. The fourth-order valence-electron chi connectivity index (χ4n) is 2.99. The van der Waals surface area contributed by atoms with Crippen molar-refractivity contribution in [3.05, 3.63) is 29.8 Å². The van der Waals surface area contributed by atoms with Crippen molar-refractivity contribution in [2.45, 2.75) is 51.2 Å². The van der Waals surface area contributed by atoms with Crippen LogP contribution < -0.4 is 10.6 Å². The zero-order chi connectivity index (χ0) is 16.7. The Labute approximate surface area is 138 Å². The van der Waals surface area contributed by atoms with E-state index in [9.17, 15) is 9.90 Å². The number of rotatable bonds is 8. The lowest BCUT2D eigenvalue weighted by Gasteiger charge is -2.30. The van der Waals surface area contributed by atoms with E-state index in [1.807, 2.05) is 38.1 Å². The number of carbonyl (C=O) groups excluding carboxylic acids is 1. The van der Waals surface area contributed by atoms with Crippen molar-refractivity contribution >= 4 is 11.6 Å². The van der Waals surface area contributed by atoms with Crippen LogP contribution in [0.4, 0.5) is 5.69 Å². The summed E-state index contributed by atoms with van der Waals surface area (Å²) < 4.78 is 5.17. The molecule has 1 aliphatic carbocycles. The van der Waals surface area contributed by atoms with Gasteiger partial charge in [-0.15, -0.1) is 0 Å². The number of aliphatic hydroxyl groups excluding tert-OH is 1. The zero-order valence-electron chi connectivity index (χ0n) is 14.1. The summed E-state index contributed by atoms with van der Waals surface area (Å²) in [5.41, 5.74) is 1.59. The minimum atomic E-state index is -0.670. The van der Waals surface area contributed by atoms with E-state index in [0.29, 0.717) is 6.61 Å². The van der Waals surface area contributed by atoms with Crippen LogP contribution in [0, 0.1) is 6.92 Å². The highest BCUT2D eigenvalue weighted by Gasteiger charge is 2.41. The number of carbonyl (C=O) groups is 1. The molecule has 1 atom stereocenters. The number of benzene rings is 1. The molecule has 5 heteroatoms. The van der Waals surface area contributed by atoms with E-state index in [0.717, 1.165) is 31.4 Å². The molecule has 1 saturated carbocycles. The summed E-state index contributed by atoms with van der Waals surface area (Å²) in [6.45, 7) is 4.95. The highest BCUT2D eigenvalue weighted by Crippen LogP contribution is 2.33. The van der Waals surface area contributed by atoms with E-state index in [-0.39, 0.29) is 19.1 Å². The van der Waals surface area contributed by atoms with Crippen LogP contribution >= 0.6 is 0 Å². The molecule has 0 aliphatic heterocycles. The SMILES string of the molecule is CCOC[C@H](O)CNC(=O)C1(Nc2ccc(C)cc2)CCCC1. The molecule has 0 bridgehead atoms. The standard InChI is InChI=1S/C18H28N2O3/c1-3-23-13-16(21)12-19-17(22)18(10-4-5-11-18)20-15-8-6-14(2)7-9-15/h6-9,16,20-21H,3-5,10-13H2,1-2H3,(H,19,22)/t16-/m1/s1. The summed E-state index contributed by atoms with van der Waals surface area (Å²) >= 11 is 0. The largest absolute Gasteiger partial charge is 0.389 e. The molecular formula is C18H28N2O3. The fourth-order valence-corrected chi connectivity index (χ4v) is 2.99. The van der Waals surface area contributed by atoms with Gasteiger partial charge in [0, 0.05) is 18.8 Å². The second-order valence-electron chi connectivity index (χ2n) is 6.30. The van der Waals surface area contributed by atoms with E-state index >= 15 is 0 Å². The number of hydrogen-bond acceptors (Lipinski definition) is 4. The predicted octanol–water partition coefficient (Wildman–Crippen LogP) is 2.23. The number of ether oxygens (including phenoxy) is 1.